The molecular weight excluding hydrogens is 338 g/mol. The van der Waals surface area contributed by atoms with Crippen molar-refractivity contribution in [2.75, 3.05) is 52.6 Å². The minimum Gasteiger partial charge on any atom is -0.374 e. The number of likely N-dealkylation sites (tertiary alicyclic amines) is 1. The third kappa shape index (κ3) is 4.04. The van der Waals surface area contributed by atoms with Crippen molar-refractivity contribution in [1.82, 2.24) is 30.2 Å². The highest BCUT2D eigenvalue weighted by Crippen LogP contribution is 2.31. The van der Waals surface area contributed by atoms with Gasteiger partial charge in [-0.3, -0.25) is 4.90 Å². The highest BCUT2D eigenvalue weighted by Gasteiger charge is 2.41. The molecule has 0 saturated carbocycles. The van der Waals surface area contributed by atoms with Gasteiger partial charge in [-0.25, -0.2) is 4.79 Å². The Hall–Kier alpha value is -1.45. The molecule has 0 radical (unpaired) electrons. The Morgan fingerprint density at radius 2 is 1.96 bits per heavy atom. The van der Waals surface area contributed by atoms with E-state index >= 15 is 0 Å². The minimum atomic E-state index is -0.184. The van der Waals surface area contributed by atoms with Gasteiger partial charge in [0.1, 0.15) is 5.01 Å². The molecule has 3 rings (SSSR count). The van der Waals surface area contributed by atoms with E-state index in [1.807, 2.05) is 11.8 Å². The first-order valence-corrected chi connectivity index (χ1v) is 9.75. The number of aromatic nitrogens is 2. The number of nitrogens with zero attached hydrogens (tertiary/aromatic N) is 5. The molecule has 0 aromatic carbocycles. The maximum atomic E-state index is 12.8. The van der Waals surface area contributed by atoms with Crippen LogP contribution in [0.25, 0.3) is 0 Å². The van der Waals surface area contributed by atoms with Gasteiger partial charge in [0.2, 0.25) is 5.13 Å². The lowest BCUT2D eigenvalue weighted by Crippen LogP contribution is -2.59. The monoisotopic (exact) mass is 367 g/mol. The van der Waals surface area contributed by atoms with Crippen LogP contribution in [0.1, 0.15) is 37.2 Å². The molecule has 0 aliphatic carbocycles. The first-order chi connectivity index (χ1) is 11.9. The number of amides is 2. The van der Waals surface area contributed by atoms with E-state index in [0.717, 1.165) is 57.0 Å². The van der Waals surface area contributed by atoms with E-state index in [-0.39, 0.29) is 17.6 Å². The first kappa shape index (κ1) is 18.3. The summed E-state index contributed by atoms with van der Waals surface area (Å²) in [7, 11) is 4.38. The molecule has 3 N–H and O–H groups in total. The van der Waals surface area contributed by atoms with Gasteiger partial charge in [-0.15, -0.1) is 10.2 Å². The summed E-state index contributed by atoms with van der Waals surface area (Å²) >= 11 is 1.32. The average molecular weight is 368 g/mol. The second-order valence-corrected chi connectivity index (χ2v) is 8.41. The van der Waals surface area contributed by atoms with Gasteiger partial charge in [-0.1, -0.05) is 11.3 Å². The molecule has 25 heavy (non-hydrogen) atoms. The molecule has 2 aliphatic heterocycles. The molecule has 140 valence electrons. The van der Waals surface area contributed by atoms with Crippen molar-refractivity contribution < 1.29 is 4.79 Å². The predicted molar refractivity (Wildman–Crippen MR) is 99.6 cm³/mol. The number of anilines is 1. The first-order valence-electron chi connectivity index (χ1n) is 8.94. The van der Waals surface area contributed by atoms with Crippen molar-refractivity contribution in [3.8, 4) is 0 Å². The Bertz CT molecular complexity index is 599. The zero-order chi connectivity index (χ0) is 18.0. The van der Waals surface area contributed by atoms with Crippen molar-refractivity contribution >= 4 is 22.5 Å². The third-order valence-electron chi connectivity index (χ3n) is 5.59. The van der Waals surface area contributed by atoms with Crippen LogP contribution in [-0.4, -0.2) is 83.3 Å². The molecule has 2 fully saturated rings. The van der Waals surface area contributed by atoms with Gasteiger partial charge in [0.05, 0.1) is 6.04 Å². The van der Waals surface area contributed by atoms with Crippen LogP contribution in [0.4, 0.5) is 9.93 Å². The van der Waals surface area contributed by atoms with Crippen molar-refractivity contribution in [2.45, 2.75) is 37.8 Å². The maximum absolute atomic E-state index is 12.8. The number of nitrogen functional groups attached to an aromatic ring is 1. The second kappa shape index (κ2) is 7.43. The number of urea groups is 1. The summed E-state index contributed by atoms with van der Waals surface area (Å²) in [6.45, 7) is 6.70. The van der Waals surface area contributed by atoms with Crippen LogP contribution >= 0.6 is 11.3 Å². The second-order valence-electron chi connectivity index (χ2n) is 7.37. The number of rotatable bonds is 2. The van der Waals surface area contributed by atoms with Crippen LogP contribution in [0.5, 0.6) is 0 Å². The van der Waals surface area contributed by atoms with Crippen LogP contribution in [0.2, 0.25) is 0 Å². The summed E-state index contributed by atoms with van der Waals surface area (Å²) in [4.78, 5) is 19.7. The molecule has 1 spiro atoms. The van der Waals surface area contributed by atoms with Gasteiger partial charge in [-0.2, -0.15) is 0 Å². The van der Waals surface area contributed by atoms with Gasteiger partial charge >= 0.3 is 6.03 Å². The topological polar surface area (TPSA) is 90.6 Å². The molecule has 2 aliphatic rings. The van der Waals surface area contributed by atoms with Crippen molar-refractivity contribution in [2.24, 2.45) is 0 Å². The fourth-order valence-electron chi connectivity index (χ4n) is 3.80. The largest absolute Gasteiger partial charge is 0.374 e. The van der Waals surface area contributed by atoms with E-state index in [1.165, 1.54) is 11.3 Å². The zero-order valence-electron chi connectivity index (χ0n) is 15.4. The number of nitrogens with two attached hydrogens (primary N) is 1. The SMILES string of the molecule is CC(NC(=O)N1CCCN(C)C2(CCN(C)CC2)C1)c1nnc(N)s1. The van der Waals surface area contributed by atoms with E-state index in [9.17, 15) is 4.79 Å². The van der Waals surface area contributed by atoms with Gasteiger partial charge in [0.15, 0.2) is 0 Å². The molecule has 1 atom stereocenters. The lowest BCUT2D eigenvalue weighted by atomic mass is 9.85. The summed E-state index contributed by atoms with van der Waals surface area (Å²) in [6.07, 6.45) is 3.21. The van der Waals surface area contributed by atoms with E-state index in [1.54, 1.807) is 0 Å². The van der Waals surface area contributed by atoms with E-state index < -0.39 is 0 Å². The third-order valence-corrected chi connectivity index (χ3v) is 6.52. The molecule has 2 amide bonds. The smallest absolute Gasteiger partial charge is 0.318 e. The predicted octanol–water partition coefficient (Wildman–Crippen LogP) is 0.993. The highest BCUT2D eigenvalue weighted by molar-refractivity contribution is 7.15. The number of nitrogens with one attached hydrogen (secondary N) is 1. The van der Waals surface area contributed by atoms with Gasteiger partial charge in [0, 0.05) is 25.2 Å². The Morgan fingerprint density at radius 3 is 2.60 bits per heavy atom. The maximum Gasteiger partial charge on any atom is 0.318 e. The van der Waals surface area contributed by atoms with Crippen molar-refractivity contribution in [1.29, 1.82) is 0 Å². The summed E-state index contributed by atoms with van der Waals surface area (Å²) in [6, 6.07) is -0.202. The summed E-state index contributed by atoms with van der Waals surface area (Å²) in [5.41, 5.74) is 5.74. The van der Waals surface area contributed by atoms with Crippen LogP contribution < -0.4 is 11.1 Å². The standard InChI is InChI=1S/C16H29N7OS/c1-12(13-19-20-14(17)25-13)18-15(24)23-8-4-7-22(3)16(11-23)5-9-21(2)10-6-16/h12H,4-11H2,1-3H3,(H2,17,20)(H,18,24). The summed E-state index contributed by atoms with van der Waals surface area (Å²) in [5.74, 6) is 0. The lowest BCUT2D eigenvalue weighted by molar-refractivity contribution is 0.0410. The van der Waals surface area contributed by atoms with Gasteiger partial charge < -0.3 is 20.9 Å². The molecule has 1 aromatic rings. The Morgan fingerprint density at radius 1 is 1.24 bits per heavy atom. The average Bonchev–Trinajstić information content (AvgIpc) is 2.95. The normalized spacial score (nSPS) is 23.4. The number of piperidine rings is 1. The van der Waals surface area contributed by atoms with Gasteiger partial charge in [-0.05, 0) is 53.4 Å². The number of likely N-dealkylation sites (N-methyl/N-ethyl adjacent to an activating group) is 1. The highest BCUT2D eigenvalue weighted by atomic mass is 32.1. The Balaban J connectivity index is 1.67. The van der Waals surface area contributed by atoms with E-state index in [4.69, 9.17) is 5.73 Å². The summed E-state index contributed by atoms with van der Waals surface area (Å²) in [5, 5.41) is 12.1. The zero-order valence-corrected chi connectivity index (χ0v) is 16.2. The molecule has 2 saturated heterocycles. The molecule has 1 unspecified atom stereocenters. The van der Waals surface area contributed by atoms with Crippen LogP contribution in [0.3, 0.4) is 0 Å². The molecule has 1 aromatic heterocycles. The molecule has 3 heterocycles. The van der Waals surface area contributed by atoms with Crippen LogP contribution in [0.15, 0.2) is 0 Å². The molecule has 9 heteroatoms. The summed E-state index contributed by atoms with van der Waals surface area (Å²) < 4.78 is 0. The Labute approximate surface area is 153 Å². The van der Waals surface area contributed by atoms with Crippen LogP contribution in [-0.2, 0) is 0 Å². The quantitative estimate of drug-likeness (QED) is 0.810. The van der Waals surface area contributed by atoms with Crippen molar-refractivity contribution in [3.63, 3.8) is 0 Å². The van der Waals surface area contributed by atoms with Gasteiger partial charge in [0.25, 0.3) is 0 Å². The number of hydrogen-bond donors (Lipinski definition) is 2. The molecule has 8 nitrogen and oxygen atoms in total. The minimum absolute atomic E-state index is 0.0186. The number of hydrogen-bond acceptors (Lipinski definition) is 7. The Kier molecular flexibility index (Phi) is 5.45. The van der Waals surface area contributed by atoms with E-state index in [0.29, 0.717) is 5.13 Å². The fourth-order valence-corrected chi connectivity index (χ4v) is 4.41. The van der Waals surface area contributed by atoms with E-state index in [2.05, 4.69) is 39.4 Å². The molecular formula is C16H29N7OS. The van der Waals surface area contributed by atoms with Crippen molar-refractivity contribution in [3.05, 3.63) is 5.01 Å². The molecule has 0 bridgehead atoms. The fraction of sp³-hybridized carbons (Fsp3) is 0.812. The van der Waals surface area contributed by atoms with Crippen LogP contribution in [0, 0.1) is 0 Å². The lowest BCUT2D eigenvalue weighted by Gasteiger charge is -2.47. The number of carbonyl (C=O) groups excluding carboxylic acids is 1. The number of carbonyl (C=O) groups is 1.